The van der Waals surface area contributed by atoms with Gasteiger partial charge in [0.2, 0.25) is 15.9 Å². The average molecular weight is 399 g/mol. The summed E-state index contributed by atoms with van der Waals surface area (Å²) in [7, 11) is -3.54. The summed E-state index contributed by atoms with van der Waals surface area (Å²) in [4.78, 5) is 15.4. The molecule has 28 heavy (non-hydrogen) atoms. The van der Waals surface area contributed by atoms with E-state index in [0.29, 0.717) is 31.1 Å². The first-order chi connectivity index (χ1) is 13.3. The van der Waals surface area contributed by atoms with Crippen LogP contribution in [0.1, 0.15) is 29.5 Å². The van der Waals surface area contributed by atoms with Crippen LogP contribution in [0.5, 0.6) is 0 Å². The first-order valence-electron chi connectivity index (χ1n) is 9.77. The van der Waals surface area contributed by atoms with Crippen molar-refractivity contribution < 1.29 is 13.2 Å². The van der Waals surface area contributed by atoms with E-state index >= 15 is 0 Å². The van der Waals surface area contributed by atoms with Crippen molar-refractivity contribution in [2.75, 3.05) is 26.2 Å². The number of carbonyl (C=O) groups is 1. The number of carbonyl (C=O) groups excluding carboxylic acids is 1. The van der Waals surface area contributed by atoms with E-state index in [-0.39, 0.29) is 5.91 Å². The minimum absolute atomic E-state index is 0.141. The fraction of sp³-hybridized carbons (Fsp3) is 0.409. The zero-order valence-electron chi connectivity index (χ0n) is 16.4. The second-order valence-electron chi connectivity index (χ2n) is 7.91. The van der Waals surface area contributed by atoms with Crippen molar-refractivity contribution in [3.05, 3.63) is 65.2 Å². The van der Waals surface area contributed by atoms with E-state index in [9.17, 15) is 13.2 Å². The highest BCUT2D eigenvalue weighted by molar-refractivity contribution is 7.89. The fourth-order valence-electron chi connectivity index (χ4n) is 4.17. The van der Waals surface area contributed by atoms with Gasteiger partial charge in [-0.05, 0) is 43.9 Å². The molecule has 1 heterocycles. The minimum Gasteiger partial charge on any atom is -0.339 e. The van der Waals surface area contributed by atoms with Crippen LogP contribution in [0.2, 0.25) is 0 Å². The maximum Gasteiger partial charge on any atom is 0.243 e. The molecule has 0 unspecified atom stereocenters. The largest absolute Gasteiger partial charge is 0.339 e. The molecule has 2 aromatic rings. The first-order valence-corrected chi connectivity index (χ1v) is 11.2. The van der Waals surface area contributed by atoms with Gasteiger partial charge in [-0.15, -0.1) is 0 Å². The smallest absolute Gasteiger partial charge is 0.243 e. The lowest BCUT2D eigenvalue weighted by Crippen LogP contribution is -2.52. The van der Waals surface area contributed by atoms with Gasteiger partial charge in [-0.1, -0.05) is 48.0 Å². The molecule has 2 aliphatic rings. The Morgan fingerprint density at radius 3 is 2.14 bits per heavy atom. The maximum absolute atomic E-state index is 13.2. The molecule has 0 atom stereocenters. The van der Waals surface area contributed by atoms with E-state index in [2.05, 4.69) is 0 Å². The van der Waals surface area contributed by atoms with Gasteiger partial charge in [-0.3, -0.25) is 4.79 Å². The van der Waals surface area contributed by atoms with Crippen molar-refractivity contribution in [3.8, 4) is 0 Å². The zero-order valence-corrected chi connectivity index (χ0v) is 17.2. The predicted octanol–water partition coefficient (Wildman–Crippen LogP) is 2.87. The van der Waals surface area contributed by atoms with Crippen molar-refractivity contribution in [1.29, 1.82) is 0 Å². The Morgan fingerprint density at radius 1 is 0.929 bits per heavy atom. The van der Waals surface area contributed by atoms with Gasteiger partial charge < -0.3 is 4.90 Å². The van der Waals surface area contributed by atoms with Crippen LogP contribution in [0, 0.1) is 13.8 Å². The lowest BCUT2D eigenvalue weighted by molar-refractivity contribution is -0.135. The Kier molecular flexibility index (Phi) is 4.79. The van der Waals surface area contributed by atoms with Gasteiger partial charge in [-0.2, -0.15) is 4.31 Å². The lowest BCUT2D eigenvalue weighted by Gasteiger charge is -2.36. The van der Waals surface area contributed by atoms with Crippen LogP contribution in [-0.4, -0.2) is 49.7 Å². The fourth-order valence-corrected chi connectivity index (χ4v) is 5.80. The Bertz CT molecular complexity index is 990. The van der Waals surface area contributed by atoms with E-state index < -0.39 is 15.4 Å². The predicted molar refractivity (Wildman–Crippen MR) is 109 cm³/mol. The number of benzene rings is 2. The number of hydrogen-bond acceptors (Lipinski definition) is 3. The number of rotatable bonds is 4. The Balaban J connectivity index is 1.47. The van der Waals surface area contributed by atoms with E-state index in [4.69, 9.17) is 0 Å². The normalized spacial score (nSPS) is 19.4. The summed E-state index contributed by atoms with van der Waals surface area (Å²) in [6, 6.07) is 15.3. The molecule has 1 saturated carbocycles. The number of nitrogens with zero attached hydrogens (tertiary/aromatic N) is 2. The van der Waals surface area contributed by atoms with Gasteiger partial charge in [0.05, 0.1) is 10.3 Å². The summed E-state index contributed by atoms with van der Waals surface area (Å²) in [6.45, 7) is 5.35. The summed E-state index contributed by atoms with van der Waals surface area (Å²) in [6.07, 6.45) is 1.74. The molecule has 0 radical (unpaired) electrons. The monoisotopic (exact) mass is 398 g/mol. The molecule has 1 saturated heterocycles. The average Bonchev–Trinajstić information content (AvgIpc) is 3.50. The quantitative estimate of drug-likeness (QED) is 0.796. The molecular formula is C22H26N2O3S. The lowest BCUT2D eigenvalue weighted by atomic mass is 9.94. The Labute approximate surface area is 167 Å². The number of amides is 1. The molecule has 2 aromatic carbocycles. The number of piperazine rings is 1. The van der Waals surface area contributed by atoms with Crippen molar-refractivity contribution in [2.45, 2.75) is 37.0 Å². The van der Waals surface area contributed by atoms with Crippen LogP contribution in [0.25, 0.3) is 0 Å². The minimum atomic E-state index is -3.54. The second kappa shape index (κ2) is 7.01. The van der Waals surface area contributed by atoms with Crippen LogP contribution >= 0.6 is 0 Å². The van der Waals surface area contributed by atoms with Gasteiger partial charge in [0.1, 0.15) is 0 Å². The summed E-state index contributed by atoms with van der Waals surface area (Å²) in [5.41, 5.74) is 2.49. The van der Waals surface area contributed by atoms with Crippen molar-refractivity contribution >= 4 is 15.9 Å². The van der Waals surface area contributed by atoms with E-state index in [1.807, 2.05) is 61.2 Å². The standard InChI is InChI=1S/C22H26N2O3S/c1-17-8-9-20(18(2)16-17)28(26,27)24-14-12-23(13-15-24)21(25)22(10-11-22)19-6-4-3-5-7-19/h3-9,16H,10-15H2,1-2H3. The molecule has 0 spiro atoms. The SMILES string of the molecule is Cc1ccc(S(=O)(=O)N2CCN(C(=O)C3(c4ccccc4)CC3)CC2)c(C)c1. The molecule has 1 aliphatic carbocycles. The molecular weight excluding hydrogens is 372 g/mol. The zero-order chi connectivity index (χ0) is 19.9. The third-order valence-corrected chi connectivity index (χ3v) is 8.02. The summed E-state index contributed by atoms with van der Waals surface area (Å²) in [5, 5.41) is 0. The van der Waals surface area contributed by atoms with Crippen molar-refractivity contribution in [3.63, 3.8) is 0 Å². The number of hydrogen-bond donors (Lipinski definition) is 0. The molecule has 6 heteroatoms. The van der Waals surface area contributed by atoms with E-state index in [1.54, 1.807) is 6.07 Å². The van der Waals surface area contributed by atoms with Crippen LogP contribution in [0.3, 0.4) is 0 Å². The summed E-state index contributed by atoms with van der Waals surface area (Å²) >= 11 is 0. The van der Waals surface area contributed by atoms with Crippen LogP contribution in [-0.2, 0) is 20.2 Å². The number of aryl methyl sites for hydroxylation is 2. The third-order valence-electron chi connectivity index (χ3n) is 5.96. The maximum atomic E-state index is 13.2. The van der Waals surface area contributed by atoms with Gasteiger partial charge in [0, 0.05) is 26.2 Å². The van der Waals surface area contributed by atoms with Crippen LogP contribution < -0.4 is 0 Å². The van der Waals surface area contributed by atoms with Gasteiger partial charge in [0.25, 0.3) is 0 Å². The van der Waals surface area contributed by atoms with Gasteiger partial charge in [0.15, 0.2) is 0 Å². The molecule has 1 aliphatic heterocycles. The molecule has 148 valence electrons. The summed E-state index contributed by atoms with van der Waals surface area (Å²) in [5.74, 6) is 0.141. The molecule has 1 amide bonds. The van der Waals surface area contributed by atoms with Crippen molar-refractivity contribution in [1.82, 2.24) is 9.21 Å². The molecule has 2 fully saturated rings. The van der Waals surface area contributed by atoms with Crippen LogP contribution in [0.15, 0.2) is 53.4 Å². The van der Waals surface area contributed by atoms with Crippen molar-refractivity contribution in [2.24, 2.45) is 0 Å². The summed E-state index contributed by atoms with van der Waals surface area (Å²) < 4.78 is 27.6. The Hall–Kier alpha value is -2.18. The highest BCUT2D eigenvalue weighted by atomic mass is 32.2. The molecule has 0 aromatic heterocycles. The first kappa shape index (κ1) is 19.2. The van der Waals surface area contributed by atoms with Gasteiger partial charge >= 0.3 is 0 Å². The molecule has 0 bridgehead atoms. The molecule has 4 rings (SSSR count). The second-order valence-corrected chi connectivity index (χ2v) is 9.82. The Morgan fingerprint density at radius 2 is 1.57 bits per heavy atom. The van der Waals surface area contributed by atoms with E-state index in [1.165, 1.54) is 4.31 Å². The van der Waals surface area contributed by atoms with E-state index in [0.717, 1.165) is 29.5 Å². The highest BCUT2D eigenvalue weighted by Crippen LogP contribution is 2.49. The number of sulfonamides is 1. The van der Waals surface area contributed by atoms with Crippen LogP contribution in [0.4, 0.5) is 0 Å². The topological polar surface area (TPSA) is 57.7 Å². The third kappa shape index (κ3) is 3.25. The highest BCUT2D eigenvalue weighted by Gasteiger charge is 2.53. The molecule has 5 nitrogen and oxygen atoms in total. The van der Waals surface area contributed by atoms with Gasteiger partial charge in [-0.25, -0.2) is 8.42 Å². The molecule has 0 N–H and O–H groups in total.